The van der Waals surface area contributed by atoms with E-state index in [2.05, 4.69) is 0 Å². The highest BCUT2D eigenvalue weighted by molar-refractivity contribution is 6.14. The van der Waals surface area contributed by atoms with Crippen LogP contribution in [0.15, 0.2) is 48.5 Å². The lowest BCUT2D eigenvalue weighted by Crippen LogP contribution is -1.87. The van der Waals surface area contributed by atoms with Crippen LogP contribution in [-0.4, -0.2) is 11.4 Å². The Kier molecular flexibility index (Phi) is 3.53. The van der Waals surface area contributed by atoms with E-state index < -0.39 is 0 Å². The van der Waals surface area contributed by atoms with Crippen LogP contribution >= 0.6 is 0 Å². The van der Waals surface area contributed by atoms with Crippen molar-refractivity contribution < 1.29 is 14.3 Å². The van der Waals surface area contributed by atoms with E-state index in [1.165, 1.54) is 18.2 Å². The Labute approximate surface area is 104 Å². The summed E-state index contributed by atoms with van der Waals surface area (Å²) in [6.45, 7) is 0. The summed E-state index contributed by atoms with van der Waals surface area (Å²) < 4.78 is 12.8. The number of rotatable bonds is 3. The molecule has 0 atom stereocenters. The van der Waals surface area contributed by atoms with Gasteiger partial charge in [0.15, 0.2) is 6.29 Å². The lowest BCUT2D eigenvalue weighted by atomic mass is 10.0. The molecule has 2 aromatic carbocycles. The van der Waals surface area contributed by atoms with Crippen molar-refractivity contribution in [1.82, 2.24) is 0 Å². The fourth-order valence-electron chi connectivity index (χ4n) is 1.63. The van der Waals surface area contributed by atoms with Crippen molar-refractivity contribution in [3.05, 3.63) is 65.5 Å². The minimum absolute atomic E-state index is 0.0398. The van der Waals surface area contributed by atoms with E-state index in [4.69, 9.17) is 0 Å². The van der Waals surface area contributed by atoms with Crippen molar-refractivity contribution in [2.75, 3.05) is 0 Å². The Bertz CT molecular complexity index is 586. The second-order valence-corrected chi connectivity index (χ2v) is 3.79. The fourth-order valence-corrected chi connectivity index (χ4v) is 1.63. The third kappa shape index (κ3) is 2.63. The molecule has 1 N–H and O–H groups in total. The van der Waals surface area contributed by atoms with Crippen LogP contribution in [0.4, 0.5) is 4.39 Å². The molecular weight excluding hydrogens is 231 g/mol. The topological polar surface area (TPSA) is 37.3 Å². The monoisotopic (exact) mass is 242 g/mol. The van der Waals surface area contributed by atoms with Gasteiger partial charge in [0.25, 0.3) is 0 Å². The maximum absolute atomic E-state index is 12.8. The molecule has 0 radical (unpaired) electrons. The van der Waals surface area contributed by atoms with E-state index in [0.717, 1.165) is 0 Å². The largest absolute Gasteiger partial charge is 0.507 e. The molecule has 0 aromatic heterocycles. The number of aldehydes is 1. The zero-order valence-electron chi connectivity index (χ0n) is 9.51. The number of aromatic hydroxyl groups is 1. The van der Waals surface area contributed by atoms with Gasteiger partial charge in [-0.3, -0.25) is 4.79 Å². The van der Waals surface area contributed by atoms with Gasteiger partial charge < -0.3 is 5.11 Å². The smallest absolute Gasteiger partial charge is 0.150 e. The molecular formula is C15H11FO2. The van der Waals surface area contributed by atoms with Crippen LogP contribution in [0.3, 0.4) is 0 Å². The molecule has 0 saturated carbocycles. The van der Waals surface area contributed by atoms with E-state index in [1.54, 1.807) is 36.4 Å². The minimum Gasteiger partial charge on any atom is -0.507 e. The molecule has 90 valence electrons. The van der Waals surface area contributed by atoms with Crippen LogP contribution < -0.4 is 0 Å². The molecule has 0 aliphatic rings. The highest BCUT2D eigenvalue weighted by Crippen LogP contribution is 2.25. The van der Waals surface area contributed by atoms with Crippen LogP contribution in [0.2, 0.25) is 0 Å². The van der Waals surface area contributed by atoms with Gasteiger partial charge in [-0.05, 0) is 29.8 Å². The number of para-hydroxylation sites is 1. The van der Waals surface area contributed by atoms with E-state index in [-0.39, 0.29) is 11.6 Å². The van der Waals surface area contributed by atoms with E-state index >= 15 is 0 Å². The molecule has 0 fully saturated rings. The first-order chi connectivity index (χ1) is 8.70. The van der Waals surface area contributed by atoms with Gasteiger partial charge in [0, 0.05) is 11.1 Å². The number of carbonyl (C=O) groups excluding carboxylic acids is 1. The zero-order valence-corrected chi connectivity index (χ0v) is 9.51. The summed E-state index contributed by atoms with van der Waals surface area (Å²) in [7, 11) is 0. The predicted octanol–water partition coefficient (Wildman–Crippen LogP) is 3.27. The molecule has 0 spiro atoms. The Morgan fingerprint density at radius 3 is 2.33 bits per heavy atom. The Hall–Kier alpha value is -2.42. The van der Waals surface area contributed by atoms with Crippen LogP contribution in [0.1, 0.15) is 11.1 Å². The average molecular weight is 242 g/mol. The van der Waals surface area contributed by atoms with E-state index in [9.17, 15) is 14.3 Å². The molecule has 0 aliphatic heterocycles. The number of halogens is 1. The zero-order chi connectivity index (χ0) is 13.0. The van der Waals surface area contributed by atoms with Gasteiger partial charge in [-0.2, -0.15) is 0 Å². The fraction of sp³-hybridized carbons (Fsp3) is 0. The van der Waals surface area contributed by atoms with Crippen molar-refractivity contribution in [1.29, 1.82) is 0 Å². The molecule has 0 heterocycles. The van der Waals surface area contributed by atoms with Gasteiger partial charge in [-0.15, -0.1) is 0 Å². The Morgan fingerprint density at radius 2 is 1.72 bits per heavy atom. The lowest BCUT2D eigenvalue weighted by Gasteiger charge is -2.03. The van der Waals surface area contributed by atoms with Crippen molar-refractivity contribution in [2.24, 2.45) is 0 Å². The number of phenols is 1. The van der Waals surface area contributed by atoms with Gasteiger partial charge in [-0.25, -0.2) is 4.39 Å². The number of benzene rings is 2. The molecule has 0 saturated heterocycles. The average Bonchev–Trinajstić information content (AvgIpc) is 2.39. The molecule has 2 rings (SSSR count). The summed E-state index contributed by atoms with van der Waals surface area (Å²) >= 11 is 0. The minimum atomic E-state index is -0.331. The standard InChI is InChI=1S/C15H11FO2/c16-13-7-5-11(6-8-13)9-12(10-17)14-3-1-2-4-15(14)18/h1-10,18H. The third-order valence-corrected chi connectivity index (χ3v) is 2.53. The number of carbonyl (C=O) groups is 1. The molecule has 2 aromatic rings. The van der Waals surface area contributed by atoms with Crippen LogP contribution in [0.25, 0.3) is 11.6 Å². The maximum Gasteiger partial charge on any atom is 0.150 e. The van der Waals surface area contributed by atoms with Gasteiger partial charge in [-0.1, -0.05) is 30.3 Å². The third-order valence-electron chi connectivity index (χ3n) is 2.53. The molecule has 0 unspecified atom stereocenters. The second-order valence-electron chi connectivity index (χ2n) is 3.79. The molecule has 0 bridgehead atoms. The number of hydrogen-bond acceptors (Lipinski definition) is 2. The Balaban J connectivity index is 2.43. The second kappa shape index (κ2) is 5.27. The van der Waals surface area contributed by atoms with Gasteiger partial charge in [0.1, 0.15) is 11.6 Å². The lowest BCUT2D eigenvalue weighted by molar-refractivity contribution is -0.103. The SMILES string of the molecule is O=CC(=Cc1ccc(F)cc1)c1ccccc1O. The summed E-state index contributed by atoms with van der Waals surface area (Å²) in [4.78, 5) is 11.1. The summed E-state index contributed by atoms with van der Waals surface area (Å²) in [6.07, 6.45) is 2.26. The van der Waals surface area contributed by atoms with Crippen molar-refractivity contribution in [2.45, 2.75) is 0 Å². The maximum atomic E-state index is 12.8. The first-order valence-corrected chi connectivity index (χ1v) is 5.41. The van der Waals surface area contributed by atoms with E-state index in [1.807, 2.05) is 0 Å². The highest BCUT2D eigenvalue weighted by atomic mass is 19.1. The van der Waals surface area contributed by atoms with Crippen molar-refractivity contribution >= 4 is 17.9 Å². The first kappa shape index (κ1) is 12.0. The molecule has 3 heteroatoms. The molecule has 18 heavy (non-hydrogen) atoms. The summed E-state index contributed by atoms with van der Waals surface area (Å²) in [5.74, 6) is -0.291. The first-order valence-electron chi connectivity index (χ1n) is 5.41. The highest BCUT2D eigenvalue weighted by Gasteiger charge is 2.05. The number of allylic oxidation sites excluding steroid dienone is 1. The van der Waals surface area contributed by atoms with Gasteiger partial charge in [0.2, 0.25) is 0 Å². The summed E-state index contributed by atoms with van der Waals surface area (Å²) in [5.41, 5.74) is 1.50. The van der Waals surface area contributed by atoms with Gasteiger partial charge >= 0.3 is 0 Å². The number of phenolic OH excluding ortho intramolecular Hbond substituents is 1. The summed E-state index contributed by atoms with van der Waals surface area (Å²) in [5, 5.41) is 9.67. The summed E-state index contributed by atoms with van der Waals surface area (Å²) in [6, 6.07) is 12.3. The van der Waals surface area contributed by atoms with Crippen molar-refractivity contribution in [3.8, 4) is 5.75 Å². The van der Waals surface area contributed by atoms with Gasteiger partial charge in [0.05, 0.1) is 0 Å². The van der Waals surface area contributed by atoms with Crippen LogP contribution in [0.5, 0.6) is 5.75 Å². The normalized spacial score (nSPS) is 11.3. The number of hydrogen-bond donors (Lipinski definition) is 1. The van der Waals surface area contributed by atoms with Crippen LogP contribution in [-0.2, 0) is 4.79 Å². The quantitative estimate of drug-likeness (QED) is 0.509. The predicted molar refractivity (Wildman–Crippen MR) is 68.4 cm³/mol. The molecule has 0 amide bonds. The molecule has 2 nitrogen and oxygen atoms in total. The van der Waals surface area contributed by atoms with E-state index in [0.29, 0.717) is 23.0 Å². The van der Waals surface area contributed by atoms with Crippen molar-refractivity contribution in [3.63, 3.8) is 0 Å². The van der Waals surface area contributed by atoms with Crippen LogP contribution in [0, 0.1) is 5.82 Å². The Morgan fingerprint density at radius 1 is 1.06 bits per heavy atom. The molecule has 0 aliphatic carbocycles.